The minimum atomic E-state index is -1.02. The van der Waals surface area contributed by atoms with Gasteiger partial charge in [-0.2, -0.15) is 0 Å². The number of ether oxygens (including phenoxy) is 1. The van der Waals surface area contributed by atoms with Crippen molar-refractivity contribution in [2.24, 2.45) is 4.99 Å². The molecule has 32 heavy (non-hydrogen) atoms. The number of amidine groups is 1. The second kappa shape index (κ2) is 10.9. The number of aliphatic carboxylic acids is 1. The zero-order chi connectivity index (χ0) is 22.5. The number of hydrogen-bond donors (Lipinski definition) is 1. The topological polar surface area (TPSA) is 79.2 Å². The Balaban J connectivity index is 1.57. The number of thioether (sulfide) groups is 1. The van der Waals surface area contributed by atoms with E-state index in [1.165, 1.54) is 50.3 Å². The number of carboxylic acids is 1. The van der Waals surface area contributed by atoms with E-state index in [4.69, 9.17) is 14.8 Å². The quantitative estimate of drug-likeness (QED) is 0.475. The van der Waals surface area contributed by atoms with Gasteiger partial charge in [-0.25, -0.2) is 4.79 Å². The molecule has 0 radical (unpaired) electrons. The van der Waals surface area contributed by atoms with Crippen LogP contribution in [0.25, 0.3) is 6.08 Å². The third-order valence-electron chi connectivity index (χ3n) is 6.25. The van der Waals surface area contributed by atoms with Crippen LogP contribution in [0.3, 0.4) is 0 Å². The van der Waals surface area contributed by atoms with Crippen molar-refractivity contribution in [3.63, 3.8) is 0 Å². The summed E-state index contributed by atoms with van der Waals surface area (Å²) in [5.41, 5.74) is 0.859. The van der Waals surface area contributed by atoms with E-state index in [0.717, 1.165) is 36.4 Å². The second-order valence-electron chi connectivity index (χ2n) is 8.65. The number of rotatable bonds is 6. The molecule has 2 saturated carbocycles. The normalized spacial score (nSPS) is 23.3. The van der Waals surface area contributed by atoms with Gasteiger partial charge in [0.05, 0.1) is 15.4 Å². The molecule has 1 heterocycles. The van der Waals surface area contributed by atoms with Crippen LogP contribution in [-0.4, -0.2) is 45.7 Å². The molecule has 0 atom stereocenters. The lowest BCUT2D eigenvalue weighted by Crippen LogP contribution is -2.41. The molecule has 0 bridgehead atoms. The Hall–Kier alpha value is -1.80. The Morgan fingerprint density at radius 2 is 1.84 bits per heavy atom. The molecule has 0 unspecified atom stereocenters. The first kappa shape index (κ1) is 23.4. The van der Waals surface area contributed by atoms with E-state index < -0.39 is 12.6 Å². The molecule has 1 aliphatic heterocycles. The third-order valence-corrected chi connectivity index (χ3v) is 7.87. The molecule has 6 nitrogen and oxygen atoms in total. The number of aliphatic imine (C=N–C) groups is 1. The molecule has 1 aromatic rings. The maximum Gasteiger partial charge on any atom is 0.341 e. The van der Waals surface area contributed by atoms with Gasteiger partial charge in [-0.15, -0.1) is 0 Å². The SMILES string of the molecule is O=C(O)COc1ccc(C=C2SC(=NC3CCCCC3)N(C3CCCCC3)C2=O)cc1Br. The molecule has 172 valence electrons. The number of carboxylic acid groups (broad SMARTS) is 1. The van der Waals surface area contributed by atoms with Gasteiger partial charge in [-0.1, -0.05) is 44.6 Å². The molecule has 0 aromatic heterocycles. The zero-order valence-electron chi connectivity index (χ0n) is 18.1. The van der Waals surface area contributed by atoms with Crippen molar-refractivity contribution in [2.45, 2.75) is 76.3 Å². The van der Waals surface area contributed by atoms with E-state index in [-0.39, 0.29) is 11.9 Å². The van der Waals surface area contributed by atoms with Gasteiger partial charge in [-0.3, -0.25) is 14.7 Å². The highest BCUT2D eigenvalue weighted by atomic mass is 79.9. The molecule has 1 aromatic carbocycles. The predicted octanol–water partition coefficient (Wildman–Crippen LogP) is 5.85. The fraction of sp³-hybridized carbons (Fsp3) is 0.542. The fourth-order valence-corrected chi connectivity index (χ4v) is 6.24. The molecule has 1 saturated heterocycles. The lowest BCUT2D eigenvalue weighted by atomic mass is 9.94. The van der Waals surface area contributed by atoms with Gasteiger partial charge in [-0.05, 0) is 77.1 Å². The summed E-state index contributed by atoms with van der Waals surface area (Å²) in [6.07, 6.45) is 13.5. The smallest absolute Gasteiger partial charge is 0.341 e. The number of nitrogens with zero attached hydrogens (tertiary/aromatic N) is 2. The van der Waals surface area contributed by atoms with Crippen LogP contribution in [0.4, 0.5) is 0 Å². The summed E-state index contributed by atoms with van der Waals surface area (Å²) in [6.45, 7) is -0.398. The van der Waals surface area contributed by atoms with Gasteiger partial charge in [0.25, 0.3) is 5.91 Å². The van der Waals surface area contributed by atoms with Crippen LogP contribution in [0.5, 0.6) is 5.75 Å². The predicted molar refractivity (Wildman–Crippen MR) is 131 cm³/mol. The van der Waals surface area contributed by atoms with Gasteiger partial charge in [0.2, 0.25) is 0 Å². The zero-order valence-corrected chi connectivity index (χ0v) is 20.5. The van der Waals surface area contributed by atoms with Gasteiger partial charge >= 0.3 is 5.97 Å². The van der Waals surface area contributed by atoms with Gasteiger partial charge in [0, 0.05) is 6.04 Å². The highest BCUT2D eigenvalue weighted by Gasteiger charge is 2.39. The van der Waals surface area contributed by atoms with Gasteiger partial charge < -0.3 is 9.84 Å². The van der Waals surface area contributed by atoms with Gasteiger partial charge in [0.1, 0.15) is 5.75 Å². The minimum Gasteiger partial charge on any atom is -0.481 e. The largest absolute Gasteiger partial charge is 0.481 e. The van der Waals surface area contributed by atoms with Crippen LogP contribution in [-0.2, 0) is 9.59 Å². The van der Waals surface area contributed by atoms with Crippen molar-refractivity contribution in [2.75, 3.05) is 6.61 Å². The fourth-order valence-electron chi connectivity index (χ4n) is 4.62. The Morgan fingerprint density at radius 1 is 1.16 bits per heavy atom. The van der Waals surface area contributed by atoms with Crippen molar-refractivity contribution in [1.82, 2.24) is 4.90 Å². The number of hydrogen-bond acceptors (Lipinski definition) is 5. The van der Waals surface area contributed by atoms with E-state index in [1.54, 1.807) is 6.07 Å². The summed E-state index contributed by atoms with van der Waals surface area (Å²) in [6, 6.07) is 5.97. The standard InChI is InChI=1S/C24H29BrN2O4S/c25-19-13-16(11-12-20(19)31-15-22(28)29)14-21-23(30)27(18-9-5-2-6-10-18)24(32-21)26-17-7-3-1-4-8-17/h11-14,17-18H,1-10,15H2,(H,28,29). The first-order valence-electron chi connectivity index (χ1n) is 11.5. The van der Waals surface area contributed by atoms with Gasteiger partial charge in [0.15, 0.2) is 11.8 Å². The summed E-state index contributed by atoms with van der Waals surface area (Å²) >= 11 is 4.94. The van der Waals surface area contributed by atoms with Crippen LogP contribution in [0.2, 0.25) is 0 Å². The van der Waals surface area contributed by atoms with Crippen molar-refractivity contribution in [3.8, 4) is 5.75 Å². The third kappa shape index (κ3) is 5.76. The van der Waals surface area contributed by atoms with E-state index in [1.807, 2.05) is 23.1 Å². The number of amides is 1. The Bertz CT molecular complexity index is 921. The maximum absolute atomic E-state index is 13.4. The molecule has 3 aliphatic rings. The molecule has 1 N–H and O–H groups in total. The van der Waals surface area contributed by atoms with Crippen LogP contribution in [0.1, 0.15) is 69.8 Å². The van der Waals surface area contributed by atoms with Crippen LogP contribution in [0, 0.1) is 0 Å². The molecule has 2 aliphatic carbocycles. The molecule has 1 amide bonds. The maximum atomic E-state index is 13.4. The molecular weight excluding hydrogens is 492 g/mol. The Labute approximate surface area is 201 Å². The van der Waals surface area contributed by atoms with Crippen molar-refractivity contribution < 1.29 is 19.4 Å². The first-order valence-corrected chi connectivity index (χ1v) is 13.1. The molecule has 3 fully saturated rings. The molecular formula is C24H29BrN2O4S. The Kier molecular flexibility index (Phi) is 7.94. The van der Waals surface area contributed by atoms with Crippen molar-refractivity contribution in [3.05, 3.63) is 33.1 Å². The number of carbonyl (C=O) groups is 2. The minimum absolute atomic E-state index is 0.0544. The Morgan fingerprint density at radius 3 is 2.50 bits per heavy atom. The van der Waals surface area contributed by atoms with Crippen LogP contribution in [0.15, 0.2) is 32.6 Å². The monoisotopic (exact) mass is 520 g/mol. The van der Waals surface area contributed by atoms with E-state index in [2.05, 4.69) is 15.9 Å². The lowest BCUT2D eigenvalue weighted by Gasteiger charge is -2.31. The van der Waals surface area contributed by atoms with Crippen molar-refractivity contribution in [1.29, 1.82) is 0 Å². The second-order valence-corrected chi connectivity index (χ2v) is 10.5. The number of halogens is 1. The average molecular weight is 521 g/mol. The highest BCUT2D eigenvalue weighted by Crippen LogP contribution is 2.39. The van der Waals surface area contributed by atoms with E-state index in [0.29, 0.717) is 21.2 Å². The summed E-state index contributed by atoms with van der Waals surface area (Å²) in [5, 5.41) is 9.68. The average Bonchev–Trinajstić information content (AvgIpc) is 3.08. The summed E-state index contributed by atoms with van der Waals surface area (Å²) < 4.78 is 5.93. The first-order chi connectivity index (χ1) is 15.5. The van der Waals surface area contributed by atoms with Crippen LogP contribution >= 0.6 is 27.7 Å². The summed E-state index contributed by atoms with van der Waals surface area (Å²) in [5.74, 6) is -0.509. The summed E-state index contributed by atoms with van der Waals surface area (Å²) in [4.78, 5) is 31.9. The molecule has 0 spiro atoms. The molecule has 4 rings (SSSR count). The number of benzene rings is 1. The number of carbonyl (C=O) groups excluding carboxylic acids is 1. The van der Waals surface area contributed by atoms with Crippen molar-refractivity contribution >= 4 is 50.8 Å². The lowest BCUT2D eigenvalue weighted by molar-refractivity contribution is -0.139. The summed E-state index contributed by atoms with van der Waals surface area (Å²) in [7, 11) is 0. The highest BCUT2D eigenvalue weighted by molar-refractivity contribution is 9.10. The van der Waals surface area contributed by atoms with Crippen LogP contribution < -0.4 is 4.74 Å². The molecule has 8 heteroatoms. The van der Waals surface area contributed by atoms with E-state index in [9.17, 15) is 9.59 Å². The van der Waals surface area contributed by atoms with E-state index >= 15 is 0 Å².